The van der Waals surface area contributed by atoms with E-state index in [0.29, 0.717) is 11.3 Å². The Morgan fingerprint density at radius 3 is 2.17 bits per heavy atom. The number of methoxy groups -OCH3 is 1. The topological polar surface area (TPSA) is 125 Å². The van der Waals surface area contributed by atoms with Crippen molar-refractivity contribution in [1.29, 1.82) is 0 Å². The Bertz CT molecular complexity index is 515. The van der Waals surface area contributed by atoms with Gasteiger partial charge in [0.1, 0.15) is 17.6 Å². The van der Waals surface area contributed by atoms with Gasteiger partial charge in [0.05, 0.1) is 20.3 Å². The summed E-state index contributed by atoms with van der Waals surface area (Å²) in [7, 11) is 2.51. The van der Waals surface area contributed by atoms with Crippen LogP contribution in [0.15, 0.2) is 24.3 Å². The molecule has 0 radical (unpaired) electrons. The third-order valence-corrected chi connectivity index (χ3v) is 2.67. The molecule has 0 spiro atoms. The summed E-state index contributed by atoms with van der Waals surface area (Å²) in [5.74, 6) is -0.741. The van der Waals surface area contributed by atoms with Crippen LogP contribution in [0, 0.1) is 0 Å². The van der Waals surface area contributed by atoms with Crippen LogP contribution in [0.25, 0.3) is 0 Å². The zero-order valence-corrected chi connectivity index (χ0v) is 13.3. The summed E-state index contributed by atoms with van der Waals surface area (Å²) in [5, 5.41) is 20.9. The van der Waals surface area contributed by atoms with Gasteiger partial charge in [0.15, 0.2) is 0 Å². The smallest absolute Gasteiger partial charge is 0.252 e. The monoisotopic (exact) mass is 326 g/mol. The first-order valence-corrected chi connectivity index (χ1v) is 6.75. The highest BCUT2D eigenvalue weighted by Crippen LogP contribution is 2.11. The van der Waals surface area contributed by atoms with E-state index in [9.17, 15) is 14.4 Å². The van der Waals surface area contributed by atoms with E-state index in [1.165, 1.54) is 26.2 Å². The Labute approximate surface area is 134 Å². The fraction of sp³-hybridized carbons (Fsp3) is 0.400. The molecule has 23 heavy (non-hydrogen) atoms. The molecule has 1 aromatic rings. The summed E-state index contributed by atoms with van der Waals surface area (Å²) in [6, 6.07) is 5.18. The molecule has 1 aromatic carbocycles. The molecule has 1 atom stereocenters. The lowest BCUT2D eigenvalue weighted by Crippen LogP contribution is -2.49. The highest BCUT2D eigenvalue weighted by atomic mass is 16.5. The second-order valence-corrected chi connectivity index (χ2v) is 4.36. The van der Waals surface area contributed by atoms with Crippen molar-refractivity contribution in [3.05, 3.63) is 29.8 Å². The Balaban J connectivity index is 0.00000232. The lowest BCUT2D eigenvalue weighted by atomic mass is 10.2. The summed E-state index contributed by atoms with van der Waals surface area (Å²) in [6.07, 6.45) is 0. The number of nitrogens with one attached hydrogen (secondary N) is 2. The molecule has 4 N–H and O–H groups in total. The molecule has 2 amide bonds. The van der Waals surface area contributed by atoms with Crippen molar-refractivity contribution in [3.63, 3.8) is 0 Å². The number of hydrogen-bond acceptors (Lipinski definition) is 6. The average molecular weight is 326 g/mol. The summed E-state index contributed by atoms with van der Waals surface area (Å²) >= 11 is 0. The predicted octanol–water partition coefficient (Wildman–Crippen LogP) is -0.900. The van der Waals surface area contributed by atoms with Crippen LogP contribution in [0.2, 0.25) is 0 Å². The van der Waals surface area contributed by atoms with Crippen molar-refractivity contribution in [2.24, 2.45) is 0 Å². The van der Waals surface area contributed by atoms with Crippen molar-refractivity contribution < 1.29 is 29.3 Å². The van der Waals surface area contributed by atoms with Crippen LogP contribution in [0.5, 0.6) is 5.75 Å². The largest absolute Gasteiger partial charge is 0.497 e. The van der Waals surface area contributed by atoms with Crippen LogP contribution in [0.1, 0.15) is 17.3 Å². The molecule has 0 fully saturated rings. The normalized spacial score (nSPS) is 10.7. The van der Waals surface area contributed by atoms with Crippen molar-refractivity contribution in [2.45, 2.75) is 13.0 Å². The van der Waals surface area contributed by atoms with Crippen molar-refractivity contribution in [3.8, 4) is 5.75 Å². The number of rotatable bonds is 7. The van der Waals surface area contributed by atoms with Crippen LogP contribution in [-0.4, -0.2) is 61.2 Å². The predicted molar refractivity (Wildman–Crippen MR) is 83.2 cm³/mol. The van der Waals surface area contributed by atoms with E-state index in [4.69, 9.17) is 14.9 Å². The van der Waals surface area contributed by atoms with Gasteiger partial charge in [-0.15, -0.1) is 0 Å². The van der Waals surface area contributed by atoms with Crippen LogP contribution in [0.4, 0.5) is 0 Å². The van der Waals surface area contributed by atoms with Crippen LogP contribution < -0.4 is 15.4 Å². The van der Waals surface area contributed by atoms with E-state index in [1.807, 2.05) is 0 Å². The van der Waals surface area contributed by atoms with E-state index in [2.05, 4.69) is 10.6 Å². The molecule has 128 valence electrons. The van der Waals surface area contributed by atoms with Crippen molar-refractivity contribution in [1.82, 2.24) is 10.6 Å². The first-order valence-electron chi connectivity index (χ1n) is 6.75. The highest BCUT2D eigenvalue weighted by molar-refractivity contribution is 5.98. The number of Topliss-reactive ketones (excluding diaryl/α,β-unsaturated/α-hetero) is 1. The van der Waals surface area contributed by atoms with Gasteiger partial charge < -0.3 is 25.6 Å². The molecular weight excluding hydrogens is 304 g/mol. The van der Waals surface area contributed by atoms with E-state index >= 15 is 0 Å². The SMILES string of the molecule is CO.COc1ccc(C(=O)NC(CO)C(=O)NCC(C)=O)cc1. The van der Waals surface area contributed by atoms with Crippen molar-refractivity contribution in [2.75, 3.05) is 27.4 Å². The van der Waals surface area contributed by atoms with E-state index in [0.717, 1.165) is 7.11 Å². The average Bonchev–Trinajstić information content (AvgIpc) is 2.59. The van der Waals surface area contributed by atoms with Gasteiger partial charge in [-0.05, 0) is 31.2 Å². The van der Waals surface area contributed by atoms with Gasteiger partial charge in [-0.1, -0.05) is 0 Å². The third-order valence-electron chi connectivity index (χ3n) is 2.67. The summed E-state index contributed by atoms with van der Waals surface area (Å²) in [5.41, 5.74) is 0.327. The Morgan fingerprint density at radius 1 is 1.17 bits per heavy atom. The number of benzene rings is 1. The van der Waals surface area contributed by atoms with E-state index in [-0.39, 0.29) is 12.3 Å². The van der Waals surface area contributed by atoms with Crippen LogP contribution >= 0.6 is 0 Å². The molecule has 0 heterocycles. The zero-order valence-electron chi connectivity index (χ0n) is 13.3. The van der Waals surface area contributed by atoms with Gasteiger partial charge in [0.2, 0.25) is 5.91 Å². The molecule has 0 aromatic heterocycles. The van der Waals surface area contributed by atoms with Gasteiger partial charge in [-0.2, -0.15) is 0 Å². The third kappa shape index (κ3) is 7.39. The molecular formula is C15H22N2O6. The lowest BCUT2D eigenvalue weighted by molar-refractivity contribution is -0.126. The molecule has 8 nitrogen and oxygen atoms in total. The molecule has 0 aliphatic heterocycles. The first-order chi connectivity index (χ1) is 11.0. The summed E-state index contributed by atoms with van der Waals surface area (Å²) < 4.78 is 4.98. The maximum atomic E-state index is 11.9. The fourth-order valence-electron chi connectivity index (χ4n) is 1.51. The highest BCUT2D eigenvalue weighted by Gasteiger charge is 2.20. The standard InChI is InChI=1S/C14H18N2O5.CH4O/c1-9(18)7-15-14(20)12(8-17)16-13(19)10-3-5-11(21-2)6-4-10;1-2/h3-6,12,17H,7-8H2,1-2H3,(H,15,20)(H,16,19);2H,1H3. The number of ether oxygens (including phenoxy) is 1. The number of ketones is 1. The number of aliphatic hydroxyl groups excluding tert-OH is 2. The van der Waals surface area contributed by atoms with Gasteiger partial charge in [0, 0.05) is 12.7 Å². The Morgan fingerprint density at radius 2 is 1.74 bits per heavy atom. The number of carbonyl (C=O) groups excluding carboxylic acids is 3. The molecule has 1 unspecified atom stereocenters. The van der Waals surface area contributed by atoms with Gasteiger partial charge >= 0.3 is 0 Å². The maximum absolute atomic E-state index is 11.9. The maximum Gasteiger partial charge on any atom is 0.252 e. The minimum absolute atomic E-state index is 0.145. The Kier molecular flexibility index (Phi) is 9.97. The number of hydrogen-bond donors (Lipinski definition) is 4. The van der Waals surface area contributed by atoms with Gasteiger partial charge in [-0.25, -0.2) is 0 Å². The van der Waals surface area contributed by atoms with Gasteiger partial charge in [-0.3, -0.25) is 14.4 Å². The summed E-state index contributed by atoms with van der Waals surface area (Å²) in [6.45, 7) is 0.615. The second kappa shape index (κ2) is 11.2. The second-order valence-electron chi connectivity index (χ2n) is 4.36. The van der Waals surface area contributed by atoms with Crippen LogP contribution in [0.3, 0.4) is 0 Å². The van der Waals surface area contributed by atoms with E-state index < -0.39 is 24.5 Å². The van der Waals surface area contributed by atoms with Crippen molar-refractivity contribution >= 4 is 17.6 Å². The minimum atomic E-state index is -1.11. The quantitative estimate of drug-likeness (QED) is 0.515. The molecule has 8 heteroatoms. The summed E-state index contributed by atoms with van der Waals surface area (Å²) in [4.78, 5) is 34.4. The molecule has 0 aliphatic rings. The molecule has 0 saturated heterocycles. The lowest BCUT2D eigenvalue weighted by Gasteiger charge is -2.15. The Hall–Kier alpha value is -2.45. The zero-order chi connectivity index (χ0) is 17.8. The van der Waals surface area contributed by atoms with Gasteiger partial charge in [0.25, 0.3) is 5.91 Å². The first kappa shape index (κ1) is 20.6. The number of amides is 2. The molecule has 1 rings (SSSR count). The molecule has 0 aliphatic carbocycles. The molecule has 0 bridgehead atoms. The van der Waals surface area contributed by atoms with E-state index in [1.54, 1.807) is 12.1 Å². The number of aliphatic hydroxyl groups is 2. The number of carbonyl (C=O) groups is 3. The fourth-order valence-corrected chi connectivity index (χ4v) is 1.51. The van der Waals surface area contributed by atoms with Crippen LogP contribution in [-0.2, 0) is 9.59 Å². The minimum Gasteiger partial charge on any atom is -0.497 e. The molecule has 0 saturated carbocycles.